The number of nitrogens with zero attached hydrogens (tertiary/aromatic N) is 5. The molecule has 0 amide bonds. The number of hydrogen-bond acceptors (Lipinski definition) is 8. The third kappa shape index (κ3) is 5.34. The molecular formula is C19H25ClN6S2. The van der Waals surface area contributed by atoms with Crippen molar-refractivity contribution < 1.29 is 0 Å². The van der Waals surface area contributed by atoms with Gasteiger partial charge in [-0.15, -0.1) is 35.1 Å². The average Bonchev–Trinajstić information content (AvgIpc) is 3.39. The summed E-state index contributed by atoms with van der Waals surface area (Å²) in [6.07, 6.45) is 3.51. The van der Waals surface area contributed by atoms with Crippen molar-refractivity contribution in [1.29, 1.82) is 0 Å². The number of piperazine rings is 1. The van der Waals surface area contributed by atoms with E-state index in [4.69, 9.17) is 0 Å². The van der Waals surface area contributed by atoms with Crippen molar-refractivity contribution in [3.8, 4) is 10.8 Å². The molecule has 9 heteroatoms. The van der Waals surface area contributed by atoms with Gasteiger partial charge in [0.15, 0.2) is 10.8 Å². The molecular weight excluding hydrogens is 412 g/mol. The summed E-state index contributed by atoms with van der Waals surface area (Å²) in [5.41, 5.74) is 1.05. The largest absolute Gasteiger partial charge is 0.309 e. The Morgan fingerprint density at radius 1 is 1.11 bits per heavy atom. The molecule has 1 aliphatic heterocycles. The van der Waals surface area contributed by atoms with Crippen LogP contribution in [0.25, 0.3) is 10.8 Å². The molecule has 4 heterocycles. The average molecular weight is 437 g/mol. The van der Waals surface area contributed by atoms with Crippen LogP contribution in [0.1, 0.15) is 16.6 Å². The molecule has 28 heavy (non-hydrogen) atoms. The van der Waals surface area contributed by atoms with E-state index in [1.807, 2.05) is 17.4 Å². The van der Waals surface area contributed by atoms with E-state index < -0.39 is 0 Å². The molecule has 1 aliphatic rings. The molecule has 150 valence electrons. The summed E-state index contributed by atoms with van der Waals surface area (Å²) < 4.78 is 0. The van der Waals surface area contributed by atoms with Crippen molar-refractivity contribution in [2.75, 3.05) is 39.8 Å². The van der Waals surface area contributed by atoms with Crippen LogP contribution in [0.5, 0.6) is 0 Å². The number of thiazole rings is 1. The summed E-state index contributed by atoms with van der Waals surface area (Å²) in [6.45, 7) is 6.19. The summed E-state index contributed by atoms with van der Waals surface area (Å²) in [5.74, 6) is 0.697. The van der Waals surface area contributed by atoms with Gasteiger partial charge in [-0.1, -0.05) is 6.07 Å². The summed E-state index contributed by atoms with van der Waals surface area (Å²) >= 11 is 3.45. The Morgan fingerprint density at radius 2 is 1.89 bits per heavy atom. The van der Waals surface area contributed by atoms with Gasteiger partial charge in [0.1, 0.15) is 0 Å². The second kappa shape index (κ2) is 10.4. The third-order valence-corrected chi connectivity index (χ3v) is 6.66. The van der Waals surface area contributed by atoms with Gasteiger partial charge in [0.05, 0.1) is 11.7 Å². The number of rotatable bonds is 7. The lowest BCUT2D eigenvalue weighted by atomic mass is 10.1. The smallest absolute Gasteiger partial charge is 0.188 e. The second-order valence-electron chi connectivity index (χ2n) is 6.72. The minimum absolute atomic E-state index is 0. The Kier molecular flexibility index (Phi) is 7.90. The Bertz CT molecular complexity index is 818. The summed E-state index contributed by atoms with van der Waals surface area (Å²) in [5, 5.41) is 8.76. The molecule has 3 aromatic rings. The van der Waals surface area contributed by atoms with E-state index in [2.05, 4.69) is 60.0 Å². The van der Waals surface area contributed by atoms with Crippen LogP contribution in [0.3, 0.4) is 0 Å². The van der Waals surface area contributed by atoms with Crippen LogP contribution < -0.4 is 5.32 Å². The zero-order valence-electron chi connectivity index (χ0n) is 15.8. The van der Waals surface area contributed by atoms with E-state index in [-0.39, 0.29) is 12.4 Å². The van der Waals surface area contributed by atoms with Gasteiger partial charge in [0.25, 0.3) is 0 Å². The maximum absolute atomic E-state index is 4.68. The summed E-state index contributed by atoms with van der Waals surface area (Å²) in [7, 11) is 2.20. The first-order valence-corrected chi connectivity index (χ1v) is 10.9. The van der Waals surface area contributed by atoms with Gasteiger partial charge in [0.2, 0.25) is 0 Å². The van der Waals surface area contributed by atoms with E-state index in [0.717, 1.165) is 50.0 Å². The molecule has 4 rings (SSSR count). The van der Waals surface area contributed by atoms with Crippen molar-refractivity contribution in [2.24, 2.45) is 0 Å². The monoisotopic (exact) mass is 436 g/mol. The van der Waals surface area contributed by atoms with Crippen LogP contribution in [0.4, 0.5) is 0 Å². The maximum atomic E-state index is 4.68. The number of hydrogen-bond donors (Lipinski definition) is 1. The lowest BCUT2D eigenvalue weighted by Gasteiger charge is -2.37. The normalized spacial score (nSPS) is 16.6. The predicted molar refractivity (Wildman–Crippen MR) is 118 cm³/mol. The number of likely N-dealkylation sites (N-methyl/N-ethyl adjacent to an activating group) is 1. The molecule has 1 N–H and O–H groups in total. The lowest BCUT2D eigenvalue weighted by molar-refractivity contribution is 0.111. The van der Waals surface area contributed by atoms with Gasteiger partial charge in [-0.05, 0) is 24.6 Å². The molecule has 0 bridgehead atoms. The molecule has 0 aromatic carbocycles. The minimum Gasteiger partial charge on any atom is -0.309 e. The van der Waals surface area contributed by atoms with Crippen LogP contribution in [0.2, 0.25) is 0 Å². The van der Waals surface area contributed by atoms with Crippen molar-refractivity contribution in [3.63, 3.8) is 0 Å². The molecule has 1 saturated heterocycles. The SMILES string of the molecule is CN1CCN(C(CNCc2csc(-c3ncccn3)n2)c2cccs2)CC1.Cl. The van der Waals surface area contributed by atoms with E-state index >= 15 is 0 Å². The van der Waals surface area contributed by atoms with Crippen LogP contribution in [0.15, 0.2) is 41.4 Å². The number of aromatic nitrogens is 3. The quantitative estimate of drug-likeness (QED) is 0.614. The van der Waals surface area contributed by atoms with Crippen LogP contribution in [-0.2, 0) is 6.54 Å². The number of nitrogens with one attached hydrogen (secondary N) is 1. The van der Waals surface area contributed by atoms with E-state index in [1.54, 1.807) is 23.7 Å². The highest BCUT2D eigenvalue weighted by Crippen LogP contribution is 2.26. The predicted octanol–water partition coefficient (Wildman–Crippen LogP) is 3.16. The molecule has 1 atom stereocenters. The number of halogens is 1. The first-order chi connectivity index (χ1) is 13.3. The zero-order valence-corrected chi connectivity index (χ0v) is 18.3. The van der Waals surface area contributed by atoms with Crippen molar-refractivity contribution >= 4 is 35.1 Å². The molecule has 0 spiro atoms. The molecule has 3 aromatic heterocycles. The first-order valence-electron chi connectivity index (χ1n) is 9.18. The topological polar surface area (TPSA) is 57.2 Å². The molecule has 0 saturated carbocycles. The Balaban J connectivity index is 0.00000225. The molecule has 6 nitrogen and oxygen atoms in total. The highest BCUT2D eigenvalue weighted by molar-refractivity contribution is 7.13. The van der Waals surface area contributed by atoms with Gasteiger partial charge in [-0.2, -0.15) is 0 Å². The Labute approximate surface area is 180 Å². The van der Waals surface area contributed by atoms with Gasteiger partial charge in [-0.25, -0.2) is 15.0 Å². The maximum Gasteiger partial charge on any atom is 0.188 e. The second-order valence-corrected chi connectivity index (χ2v) is 8.56. The summed E-state index contributed by atoms with van der Waals surface area (Å²) in [6, 6.07) is 6.65. The first kappa shape index (κ1) is 21.3. The standard InChI is InChI=1S/C19H24N6S2.ClH/c1-24-7-9-25(10-8-24)16(17-4-2-11-26-17)13-20-12-15-14-27-19(23-15)18-21-5-3-6-22-18;/h2-6,11,14,16,20H,7-10,12-13H2,1H3;1H. The zero-order chi connectivity index (χ0) is 18.5. The fourth-order valence-corrected chi connectivity index (χ4v) is 4.89. The molecule has 0 radical (unpaired) electrons. The molecule has 1 fully saturated rings. The Hall–Kier alpha value is -1.42. The van der Waals surface area contributed by atoms with E-state index in [1.165, 1.54) is 4.88 Å². The number of thiophene rings is 1. The molecule has 0 aliphatic carbocycles. The van der Waals surface area contributed by atoms with Gasteiger partial charge in [-0.3, -0.25) is 4.90 Å². The van der Waals surface area contributed by atoms with Gasteiger partial charge >= 0.3 is 0 Å². The fourth-order valence-electron chi connectivity index (χ4n) is 3.26. The summed E-state index contributed by atoms with van der Waals surface area (Å²) in [4.78, 5) is 19.7. The van der Waals surface area contributed by atoms with E-state index in [9.17, 15) is 0 Å². The van der Waals surface area contributed by atoms with E-state index in [0.29, 0.717) is 11.9 Å². The Morgan fingerprint density at radius 3 is 2.61 bits per heavy atom. The van der Waals surface area contributed by atoms with Crippen LogP contribution in [0, 0.1) is 0 Å². The highest BCUT2D eigenvalue weighted by Gasteiger charge is 2.24. The van der Waals surface area contributed by atoms with Crippen molar-refractivity contribution in [3.05, 3.63) is 51.9 Å². The molecule has 1 unspecified atom stereocenters. The van der Waals surface area contributed by atoms with Crippen LogP contribution in [-0.4, -0.2) is 64.5 Å². The fraction of sp³-hybridized carbons (Fsp3) is 0.421. The minimum atomic E-state index is 0. The van der Waals surface area contributed by atoms with Gasteiger partial charge < -0.3 is 10.2 Å². The lowest BCUT2D eigenvalue weighted by Crippen LogP contribution is -2.47. The van der Waals surface area contributed by atoms with Gasteiger partial charge in [0, 0.05) is 61.9 Å². The van der Waals surface area contributed by atoms with Crippen LogP contribution >= 0.6 is 35.1 Å². The highest BCUT2D eigenvalue weighted by atomic mass is 35.5. The third-order valence-electron chi connectivity index (χ3n) is 4.80. The van der Waals surface area contributed by atoms with Crippen molar-refractivity contribution in [1.82, 2.24) is 30.1 Å². The van der Waals surface area contributed by atoms with Crippen molar-refractivity contribution in [2.45, 2.75) is 12.6 Å².